The van der Waals surface area contributed by atoms with Crippen LogP contribution in [0.5, 0.6) is 0 Å². The van der Waals surface area contributed by atoms with Gasteiger partial charge in [0.15, 0.2) is 5.16 Å². The molecule has 0 spiro atoms. The first kappa shape index (κ1) is 20.1. The van der Waals surface area contributed by atoms with Crippen molar-refractivity contribution in [2.75, 3.05) is 5.75 Å². The van der Waals surface area contributed by atoms with Gasteiger partial charge in [-0.15, -0.1) is 0 Å². The number of aromatic nitrogens is 3. The number of hydrogen-bond acceptors (Lipinski definition) is 5. The summed E-state index contributed by atoms with van der Waals surface area (Å²) in [6.45, 7) is 7.93. The van der Waals surface area contributed by atoms with Crippen molar-refractivity contribution in [1.29, 1.82) is 0 Å². The molecule has 0 saturated heterocycles. The molecule has 7 heteroatoms. The van der Waals surface area contributed by atoms with Gasteiger partial charge in [0, 0.05) is 11.7 Å². The standard InChI is InChI=1S/C21H24N4O2S/c1-5-21(3,4)24-18(26)13-28-20-23-16-9-7-6-8-15(16)19(27)25(20)17-12-14(2)10-11-22-17/h6-12H,5,13H2,1-4H3,(H,24,26). The summed E-state index contributed by atoms with van der Waals surface area (Å²) in [5.41, 5.74) is 1.13. The Morgan fingerprint density at radius 3 is 2.71 bits per heavy atom. The fourth-order valence-electron chi connectivity index (χ4n) is 2.69. The zero-order valence-corrected chi connectivity index (χ0v) is 17.3. The van der Waals surface area contributed by atoms with Crippen LogP contribution in [0.4, 0.5) is 0 Å². The van der Waals surface area contributed by atoms with Crippen molar-refractivity contribution in [1.82, 2.24) is 19.9 Å². The van der Waals surface area contributed by atoms with E-state index < -0.39 is 0 Å². The number of nitrogens with one attached hydrogen (secondary N) is 1. The highest BCUT2D eigenvalue weighted by Crippen LogP contribution is 2.21. The van der Waals surface area contributed by atoms with Crippen molar-refractivity contribution in [3.8, 4) is 5.82 Å². The minimum absolute atomic E-state index is 0.0944. The number of fused-ring (bicyclic) bond motifs is 1. The van der Waals surface area contributed by atoms with Crippen LogP contribution in [0, 0.1) is 6.92 Å². The SMILES string of the molecule is CCC(C)(C)NC(=O)CSc1nc2ccccc2c(=O)n1-c1cc(C)ccn1. The highest BCUT2D eigenvalue weighted by atomic mass is 32.2. The summed E-state index contributed by atoms with van der Waals surface area (Å²) in [4.78, 5) is 34.5. The van der Waals surface area contributed by atoms with Crippen molar-refractivity contribution in [3.05, 3.63) is 58.5 Å². The third-order valence-electron chi connectivity index (χ3n) is 4.57. The number of amides is 1. The fourth-order valence-corrected chi connectivity index (χ4v) is 3.49. The predicted molar refractivity (Wildman–Crippen MR) is 113 cm³/mol. The van der Waals surface area contributed by atoms with E-state index in [1.165, 1.54) is 16.3 Å². The van der Waals surface area contributed by atoms with Crippen LogP contribution in [-0.4, -0.2) is 31.7 Å². The van der Waals surface area contributed by atoms with Crippen LogP contribution in [0.3, 0.4) is 0 Å². The molecule has 0 saturated carbocycles. The molecule has 0 aliphatic rings. The third-order valence-corrected chi connectivity index (χ3v) is 5.51. The maximum Gasteiger partial charge on any atom is 0.267 e. The Kier molecular flexibility index (Phi) is 5.84. The first-order valence-electron chi connectivity index (χ1n) is 9.19. The van der Waals surface area contributed by atoms with Crippen LogP contribution < -0.4 is 10.9 Å². The molecule has 0 radical (unpaired) electrons. The van der Waals surface area contributed by atoms with E-state index in [0.29, 0.717) is 21.9 Å². The molecule has 146 valence electrons. The smallest absolute Gasteiger partial charge is 0.267 e. The number of pyridine rings is 1. The zero-order chi connectivity index (χ0) is 20.3. The first-order valence-corrected chi connectivity index (χ1v) is 10.2. The molecule has 1 N–H and O–H groups in total. The Morgan fingerprint density at radius 1 is 1.25 bits per heavy atom. The summed E-state index contributed by atoms with van der Waals surface area (Å²) in [6.07, 6.45) is 2.49. The van der Waals surface area contributed by atoms with Crippen LogP contribution in [0.2, 0.25) is 0 Å². The highest BCUT2D eigenvalue weighted by molar-refractivity contribution is 7.99. The first-order chi connectivity index (χ1) is 13.3. The van der Waals surface area contributed by atoms with Gasteiger partial charge in [-0.25, -0.2) is 14.5 Å². The van der Waals surface area contributed by atoms with Gasteiger partial charge >= 0.3 is 0 Å². The molecule has 0 unspecified atom stereocenters. The number of aryl methyl sites for hydroxylation is 1. The maximum absolute atomic E-state index is 13.1. The molecule has 2 aromatic heterocycles. The molecular weight excluding hydrogens is 372 g/mol. The number of hydrogen-bond donors (Lipinski definition) is 1. The molecule has 0 bridgehead atoms. The molecule has 28 heavy (non-hydrogen) atoms. The number of para-hydroxylation sites is 1. The minimum Gasteiger partial charge on any atom is -0.351 e. The second-order valence-electron chi connectivity index (χ2n) is 7.32. The van der Waals surface area contributed by atoms with E-state index in [0.717, 1.165) is 12.0 Å². The zero-order valence-electron chi connectivity index (χ0n) is 16.5. The van der Waals surface area contributed by atoms with Crippen molar-refractivity contribution < 1.29 is 4.79 Å². The third kappa shape index (κ3) is 4.42. The number of nitrogens with zero attached hydrogens (tertiary/aromatic N) is 3. The van der Waals surface area contributed by atoms with Gasteiger partial charge in [0.2, 0.25) is 5.91 Å². The van der Waals surface area contributed by atoms with Crippen LogP contribution in [0.1, 0.15) is 32.8 Å². The van der Waals surface area contributed by atoms with Crippen LogP contribution in [0.15, 0.2) is 52.5 Å². The van der Waals surface area contributed by atoms with Gasteiger partial charge in [-0.1, -0.05) is 30.8 Å². The molecule has 0 atom stereocenters. The lowest BCUT2D eigenvalue weighted by Crippen LogP contribution is -2.43. The Morgan fingerprint density at radius 2 is 2.00 bits per heavy atom. The van der Waals surface area contributed by atoms with Crippen LogP contribution in [-0.2, 0) is 4.79 Å². The number of rotatable bonds is 6. The number of thioether (sulfide) groups is 1. The van der Waals surface area contributed by atoms with Crippen LogP contribution >= 0.6 is 11.8 Å². The summed E-state index contributed by atoms with van der Waals surface area (Å²) in [5.74, 6) is 0.572. The summed E-state index contributed by atoms with van der Waals surface area (Å²) in [6, 6.07) is 10.9. The van der Waals surface area contributed by atoms with Gasteiger partial charge in [0.25, 0.3) is 5.56 Å². The topological polar surface area (TPSA) is 76.9 Å². The molecule has 0 aliphatic carbocycles. The lowest BCUT2D eigenvalue weighted by molar-refractivity contribution is -0.120. The second kappa shape index (κ2) is 8.14. The minimum atomic E-state index is -0.272. The van der Waals surface area contributed by atoms with Crippen molar-refractivity contribution in [3.63, 3.8) is 0 Å². The molecule has 3 aromatic rings. The van der Waals surface area contributed by atoms with Gasteiger partial charge in [-0.2, -0.15) is 0 Å². The summed E-state index contributed by atoms with van der Waals surface area (Å²) >= 11 is 1.24. The quantitative estimate of drug-likeness (QED) is 0.510. The largest absolute Gasteiger partial charge is 0.351 e. The lowest BCUT2D eigenvalue weighted by atomic mass is 10.0. The van der Waals surface area contributed by atoms with Crippen molar-refractivity contribution in [2.24, 2.45) is 0 Å². The van der Waals surface area contributed by atoms with E-state index in [-0.39, 0.29) is 22.8 Å². The number of carbonyl (C=O) groups is 1. The highest BCUT2D eigenvalue weighted by Gasteiger charge is 2.20. The Labute approximate surface area is 168 Å². The monoisotopic (exact) mass is 396 g/mol. The Balaban J connectivity index is 2.02. The Bertz CT molecular complexity index is 1080. The summed E-state index contributed by atoms with van der Waals surface area (Å²) < 4.78 is 1.48. The molecule has 1 aromatic carbocycles. The van der Waals surface area contributed by atoms with Gasteiger partial charge < -0.3 is 5.32 Å². The summed E-state index contributed by atoms with van der Waals surface area (Å²) in [5, 5.41) is 3.98. The number of benzene rings is 1. The summed E-state index contributed by atoms with van der Waals surface area (Å²) in [7, 11) is 0. The van der Waals surface area contributed by atoms with E-state index in [1.54, 1.807) is 18.3 Å². The van der Waals surface area contributed by atoms with Gasteiger partial charge in [-0.3, -0.25) is 9.59 Å². The Hall–Kier alpha value is -2.67. The van der Waals surface area contributed by atoms with E-state index >= 15 is 0 Å². The predicted octanol–water partition coefficient (Wildman–Crippen LogP) is 3.49. The molecule has 0 fully saturated rings. The van der Waals surface area contributed by atoms with E-state index in [4.69, 9.17) is 0 Å². The van der Waals surface area contributed by atoms with Gasteiger partial charge in [0.05, 0.1) is 16.7 Å². The molecule has 2 heterocycles. The lowest BCUT2D eigenvalue weighted by Gasteiger charge is -2.24. The van der Waals surface area contributed by atoms with Crippen molar-refractivity contribution in [2.45, 2.75) is 44.8 Å². The average molecular weight is 397 g/mol. The molecule has 0 aliphatic heterocycles. The van der Waals surface area contributed by atoms with Crippen molar-refractivity contribution >= 4 is 28.6 Å². The molecule has 1 amide bonds. The van der Waals surface area contributed by atoms with E-state index in [9.17, 15) is 9.59 Å². The molecule has 3 rings (SSSR count). The molecule has 6 nitrogen and oxygen atoms in total. The van der Waals surface area contributed by atoms with Gasteiger partial charge in [-0.05, 0) is 57.0 Å². The second-order valence-corrected chi connectivity index (χ2v) is 8.26. The van der Waals surface area contributed by atoms with E-state index in [1.807, 2.05) is 52.0 Å². The maximum atomic E-state index is 13.1. The van der Waals surface area contributed by atoms with Gasteiger partial charge in [0.1, 0.15) is 5.82 Å². The number of carbonyl (C=O) groups excluding carboxylic acids is 1. The van der Waals surface area contributed by atoms with E-state index in [2.05, 4.69) is 15.3 Å². The fraction of sp³-hybridized carbons (Fsp3) is 0.333. The molecular formula is C21H24N4O2S. The van der Waals surface area contributed by atoms with Crippen LogP contribution in [0.25, 0.3) is 16.7 Å². The normalized spacial score (nSPS) is 11.6. The average Bonchev–Trinajstić information content (AvgIpc) is 2.66.